The summed E-state index contributed by atoms with van der Waals surface area (Å²) >= 11 is 0. The topological polar surface area (TPSA) is 43.4 Å². The minimum absolute atomic E-state index is 0.134. The summed E-state index contributed by atoms with van der Waals surface area (Å²) < 4.78 is 11.2. The Kier molecular flexibility index (Phi) is 5.43. The summed E-state index contributed by atoms with van der Waals surface area (Å²) in [5.41, 5.74) is 2.06. The van der Waals surface area contributed by atoms with E-state index in [2.05, 4.69) is 23.3 Å². The third-order valence-electron chi connectivity index (χ3n) is 3.12. The number of rotatable bonds is 7. The average Bonchev–Trinajstić information content (AvgIpc) is 2.51. The number of ether oxygens (including phenoxy) is 2. The molecule has 1 aromatic heterocycles. The number of pyridine rings is 1. The molecule has 4 heteroatoms. The smallest absolute Gasteiger partial charge is 0.142 e. The monoisotopic (exact) mass is 286 g/mol. The van der Waals surface area contributed by atoms with Crippen molar-refractivity contribution in [1.29, 1.82) is 0 Å². The predicted molar refractivity (Wildman–Crippen MR) is 85.1 cm³/mol. The lowest BCUT2D eigenvalue weighted by Gasteiger charge is -2.19. The molecule has 1 unspecified atom stereocenters. The molecule has 0 aliphatic heterocycles. The molecule has 0 saturated heterocycles. The molecule has 4 nitrogen and oxygen atoms in total. The number of hydrogen-bond donors (Lipinski definition) is 1. The van der Waals surface area contributed by atoms with Gasteiger partial charge < -0.3 is 14.8 Å². The second-order valence-electron chi connectivity index (χ2n) is 4.68. The Balaban J connectivity index is 2.21. The average molecular weight is 286 g/mol. The van der Waals surface area contributed by atoms with Gasteiger partial charge in [-0.05, 0) is 44.5 Å². The van der Waals surface area contributed by atoms with Gasteiger partial charge in [0.25, 0.3) is 0 Å². The Hall–Kier alpha value is -2.23. The van der Waals surface area contributed by atoms with Gasteiger partial charge in [0.05, 0.1) is 24.9 Å². The van der Waals surface area contributed by atoms with E-state index in [1.54, 1.807) is 6.20 Å². The van der Waals surface area contributed by atoms with Crippen molar-refractivity contribution in [3.63, 3.8) is 0 Å². The van der Waals surface area contributed by atoms with Crippen LogP contribution < -0.4 is 14.8 Å². The van der Waals surface area contributed by atoms with E-state index < -0.39 is 0 Å². The maximum atomic E-state index is 5.67. The number of aromatic nitrogens is 1. The molecule has 2 aromatic rings. The van der Waals surface area contributed by atoms with Crippen LogP contribution in [-0.4, -0.2) is 18.2 Å². The zero-order valence-electron chi connectivity index (χ0n) is 12.8. The third-order valence-corrected chi connectivity index (χ3v) is 3.12. The van der Waals surface area contributed by atoms with Gasteiger partial charge >= 0.3 is 0 Å². The summed E-state index contributed by atoms with van der Waals surface area (Å²) in [7, 11) is 0. The third kappa shape index (κ3) is 4.12. The van der Waals surface area contributed by atoms with E-state index in [0.717, 1.165) is 22.7 Å². The molecule has 0 radical (unpaired) electrons. The zero-order chi connectivity index (χ0) is 15.1. The minimum atomic E-state index is 0.134. The summed E-state index contributed by atoms with van der Waals surface area (Å²) in [6.07, 6.45) is 3.64. The number of nitrogens with one attached hydrogen (secondary N) is 1. The standard InChI is InChI=1S/C17H22N2O2/c1-4-20-15-8-9-17(21-5-2)16(11-15)19-13(3)14-7-6-10-18-12-14/h6-13,19H,4-5H2,1-3H3. The summed E-state index contributed by atoms with van der Waals surface area (Å²) in [5, 5.41) is 3.47. The molecule has 0 amide bonds. The van der Waals surface area contributed by atoms with E-state index in [1.807, 2.05) is 44.3 Å². The highest BCUT2D eigenvalue weighted by atomic mass is 16.5. The lowest BCUT2D eigenvalue weighted by molar-refractivity contribution is 0.331. The Labute approximate surface area is 126 Å². The first-order chi connectivity index (χ1) is 10.2. The molecular formula is C17H22N2O2. The lowest BCUT2D eigenvalue weighted by Crippen LogP contribution is -2.09. The van der Waals surface area contributed by atoms with Crippen LogP contribution in [-0.2, 0) is 0 Å². The van der Waals surface area contributed by atoms with Crippen LogP contribution in [0.15, 0.2) is 42.7 Å². The van der Waals surface area contributed by atoms with Gasteiger partial charge in [0.1, 0.15) is 11.5 Å². The highest BCUT2D eigenvalue weighted by Crippen LogP contribution is 2.32. The molecule has 112 valence electrons. The second kappa shape index (κ2) is 7.53. The molecule has 21 heavy (non-hydrogen) atoms. The first-order valence-corrected chi connectivity index (χ1v) is 7.30. The fraction of sp³-hybridized carbons (Fsp3) is 0.353. The van der Waals surface area contributed by atoms with Gasteiger partial charge in [-0.15, -0.1) is 0 Å². The van der Waals surface area contributed by atoms with Crippen molar-refractivity contribution in [2.75, 3.05) is 18.5 Å². The molecule has 1 heterocycles. The molecule has 0 fully saturated rings. The molecule has 1 aromatic carbocycles. The highest BCUT2D eigenvalue weighted by Gasteiger charge is 2.10. The fourth-order valence-corrected chi connectivity index (χ4v) is 2.11. The van der Waals surface area contributed by atoms with Crippen molar-refractivity contribution in [3.8, 4) is 11.5 Å². The maximum absolute atomic E-state index is 5.67. The second-order valence-corrected chi connectivity index (χ2v) is 4.68. The Morgan fingerprint density at radius 3 is 2.62 bits per heavy atom. The van der Waals surface area contributed by atoms with E-state index in [9.17, 15) is 0 Å². The van der Waals surface area contributed by atoms with Crippen molar-refractivity contribution in [3.05, 3.63) is 48.3 Å². The Bertz CT molecular complexity index is 558. The Morgan fingerprint density at radius 1 is 1.14 bits per heavy atom. The Morgan fingerprint density at radius 2 is 1.95 bits per heavy atom. The number of anilines is 1. The fourth-order valence-electron chi connectivity index (χ4n) is 2.11. The summed E-state index contributed by atoms with van der Waals surface area (Å²) in [6, 6.07) is 9.96. The minimum Gasteiger partial charge on any atom is -0.494 e. The first-order valence-electron chi connectivity index (χ1n) is 7.30. The predicted octanol–water partition coefficient (Wildman–Crippen LogP) is 4.05. The van der Waals surface area contributed by atoms with E-state index >= 15 is 0 Å². The summed E-state index contributed by atoms with van der Waals surface area (Å²) in [6.45, 7) is 7.32. The zero-order valence-corrected chi connectivity index (χ0v) is 12.8. The van der Waals surface area contributed by atoms with E-state index in [0.29, 0.717) is 13.2 Å². The van der Waals surface area contributed by atoms with Crippen molar-refractivity contribution in [2.45, 2.75) is 26.8 Å². The molecule has 0 aliphatic carbocycles. The number of nitrogens with zero attached hydrogens (tertiary/aromatic N) is 1. The largest absolute Gasteiger partial charge is 0.494 e. The molecule has 0 bridgehead atoms. The number of hydrogen-bond acceptors (Lipinski definition) is 4. The maximum Gasteiger partial charge on any atom is 0.142 e. The normalized spacial score (nSPS) is 11.8. The van der Waals surface area contributed by atoms with Crippen molar-refractivity contribution < 1.29 is 9.47 Å². The van der Waals surface area contributed by atoms with E-state index in [4.69, 9.17) is 9.47 Å². The van der Waals surface area contributed by atoms with Gasteiger partial charge in [0.2, 0.25) is 0 Å². The van der Waals surface area contributed by atoms with Crippen LogP contribution in [0.4, 0.5) is 5.69 Å². The lowest BCUT2D eigenvalue weighted by atomic mass is 10.1. The number of benzene rings is 1. The van der Waals surface area contributed by atoms with Crippen LogP contribution in [0.5, 0.6) is 11.5 Å². The molecule has 0 spiro atoms. The van der Waals surface area contributed by atoms with Gasteiger partial charge in [-0.2, -0.15) is 0 Å². The highest BCUT2D eigenvalue weighted by molar-refractivity contribution is 5.60. The van der Waals surface area contributed by atoms with Gasteiger partial charge in [0, 0.05) is 18.5 Å². The molecule has 1 atom stereocenters. The molecule has 0 aliphatic rings. The van der Waals surface area contributed by atoms with E-state index in [1.165, 1.54) is 0 Å². The van der Waals surface area contributed by atoms with Gasteiger partial charge in [0.15, 0.2) is 0 Å². The van der Waals surface area contributed by atoms with Crippen LogP contribution in [0.25, 0.3) is 0 Å². The van der Waals surface area contributed by atoms with Gasteiger partial charge in [-0.25, -0.2) is 0 Å². The van der Waals surface area contributed by atoms with Gasteiger partial charge in [-0.1, -0.05) is 6.07 Å². The molecule has 2 rings (SSSR count). The van der Waals surface area contributed by atoms with Crippen LogP contribution in [0.1, 0.15) is 32.4 Å². The first kappa shape index (κ1) is 15.2. The van der Waals surface area contributed by atoms with E-state index in [-0.39, 0.29) is 6.04 Å². The molecule has 0 saturated carbocycles. The van der Waals surface area contributed by atoms with Crippen LogP contribution >= 0.6 is 0 Å². The van der Waals surface area contributed by atoms with Gasteiger partial charge in [-0.3, -0.25) is 4.98 Å². The van der Waals surface area contributed by atoms with Crippen molar-refractivity contribution in [1.82, 2.24) is 4.98 Å². The molecule has 1 N–H and O–H groups in total. The molecular weight excluding hydrogens is 264 g/mol. The van der Waals surface area contributed by atoms with Crippen LogP contribution in [0.2, 0.25) is 0 Å². The summed E-state index contributed by atoms with van der Waals surface area (Å²) in [4.78, 5) is 4.16. The quantitative estimate of drug-likeness (QED) is 0.834. The van der Waals surface area contributed by atoms with Crippen molar-refractivity contribution in [2.24, 2.45) is 0 Å². The summed E-state index contributed by atoms with van der Waals surface area (Å²) in [5.74, 6) is 1.67. The van der Waals surface area contributed by atoms with Crippen LogP contribution in [0.3, 0.4) is 0 Å². The van der Waals surface area contributed by atoms with Crippen LogP contribution in [0, 0.1) is 0 Å². The SMILES string of the molecule is CCOc1ccc(OCC)c(NC(C)c2cccnc2)c1. The van der Waals surface area contributed by atoms with Crippen molar-refractivity contribution >= 4 is 5.69 Å².